The zero-order chi connectivity index (χ0) is 15.6. The Bertz CT molecular complexity index is 524. The maximum absolute atomic E-state index is 12.4. The third kappa shape index (κ3) is 3.43. The molecule has 0 radical (unpaired) electrons. The number of hydrogen-bond donors (Lipinski definition) is 1. The van der Waals surface area contributed by atoms with Gasteiger partial charge in [0.15, 0.2) is 0 Å². The van der Waals surface area contributed by atoms with Crippen molar-refractivity contribution in [1.29, 1.82) is 0 Å². The van der Waals surface area contributed by atoms with Gasteiger partial charge in [-0.3, -0.25) is 14.3 Å². The molecule has 116 valence electrons. The fourth-order valence-corrected chi connectivity index (χ4v) is 3.02. The molecule has 1 aliphatic heterocycles. The van der Waals surface area contributed by atoms with Crippen LogP contribution in [0.2, 0.25) is 0 Å². The van der Waals surface area contributed by atoms with Crippen molar-refractivity contribution >= 4 is 11.9 Å². The number of carboxylic acid groups (broad SMARTS) is 1. The Hall–Kier alpha value is -1.85. The average Bonchev–Trinajstić information content (AvgIpc) is 2.74. The van der Waals surface area contributed by atoms with E-state index in [0.717, 1.165) is 5.56 Å². The first kappa shape index (κ1) is 15.5. The molecule has 6 nitrogen and oxygen atoms in total. The highest BCUT2D eigenvalue weighted by molar-refractivity contribution is 5.79. The van der Waals surface area contributed by atoms with Crippen LogP contribution < -0.4 is 0 Å². The molecule has 1 amide bonds. The van der Waals surface area contributed by atoms with Crippen LogP contribution in [0, 0.1) is 11.8 Å². The number of nitrogens with zero attached hydrogens (tertiary/aromatic N) is 3. The van der Waals surface area contributed by atoms with Gasteiger partial charge < -0.3 is 10.0 Å². The van der Waals surface area contributed by atoms with E-state index < -0.39 is 17.9 Å². The van der Waals surface area contributed by atoms with Crippen LogP contribution in [0.5, 0.6) is 0 Å². The molecule has 0 aromatic carbocycles. The van der Waals surface area contributed by atoms with Crippen LogP contribution in [0.1, 0.15) is 44.7 Å². The summed E-state index contributed by atoms with van der Waals surface area (Å²) < 4.78 is 1.65. The maximum Gasteiger partial charge on any atom is 0.308 e. The number of carbonyl (C=O) groups is 2. The second-order valence-corrected chi connectivity index (χ2v) is 6.17. The Labute approximate surface area is 124 Å². The zero-order valence-electron chi connectivity index (χ0n) is 12.8. The van der Waals surface area contributed by atoms with Crippen LogP contribution in [0.3, 0.4) is 0 Å². The number of aromatic nitrogens is 2. The van der Waals surface area contributed by atoms with Crippen molar-refractivity contribution in [3.05, 3.63) is 18.0 Å². The number of rotatable bonds is 4. The molecule has 0 aliphatic carbocycles. The lowest BCUT2D eigenvalue weighted by Gasteiger charge is -2.34. The van der Waals surface area contributed by atoms with E-state index in [1.807, 2.05) is 20.0 Å². The summed E-state index contributed by atoms with van der Waals surface area (Å²) in [6, 6.07) is -0.423. The van der Waals surface area contributed by atoms with E-state index in [0.29, 0.717) is 31.7 Å². The van der Waals surface area contributed by atoms with Gasteiger partial charge in [-0.05, 0) is 18.8 Å². The average molecular weight is 293 g/mol. The molecule has 2 rings (SSSR count). The first-order chi connectivity index (χ1) is 9.90. The van der Waals surface area contributed by atoms with E-state index in [2.05, 4.69) is 5.10 Å². The van der Waals surface area contributed by atoms with E-state index in [1.165, 1.54) is 0 Å². The summed E-state index contributed by atoms with van der Waals surface area (Å²) in [7, 11) is 1.80. The van der Waals surface area contributed by atoms with E-state index in [1.54, 1.807) is 22.8 Å². The zero-order valence-corrected chi connectivity index (χ0v) is 12.8. The first-order valence-electron chi connectivity index (χ1n) is 7.41. The SMILES string of the molecule is CC(C)CN1C(=O)CCCC(C(=O)O)C1c1cnn(C)c1. The van der Waals surface area contributed by atoms with Gasteiger partial charge in [0, 0.05) is 31.8 Å². The van der Waals surface area contributed by atoms with Crippen molar-refractivity contribution in [2.45, 2.75) is 39.2 Å². The van der Waals surface area contributed by atoms with Gasteiger partial charge in [0.25, 0.3) is 0 Å². The molecule has 2 unspecified atom stereocenters. The Kier molecular flexibility index (Phi) is 4.65. The Morgan fingerprint density at radius 3 is 2.76 bits per heavy atom. The molecule has 1 aromatic rings. The summed E-state index contributed by atoms with van der Waals surface area (Å²) in [5.41, 5.74) is 0.806. The van der Waals surface area contributed by atoms with Crippen molar-refractivity contribution < 1.29 is 14.7 Å². The minimum Gasteiger partial charge on any atom is -0.481 e. The van der Waals surface area contributed by atoms with Crippen LogP contribution in [-0.2, 0) is 16.6 Å². The van der Waals surface area contributed by atoms with Gasteiger partial charge in [-0.15, -0.1) is 0 Å². The van der Waals surface area contributed by atoms with E-state index >= 15 is 0 Å². The number of hydrogen-bond acceptors (Lipinski definition) is 3. The largest absolute Gasteiger partial charge is 0.481 e. The van der Waals surface area contributed by atoms with E-state index in [4.69, 9.17) is 0 Å². The number of amides is 1. The van der Waals surface area contributed by atoms with Gasteiger partial charge in [-0.2, -0.15) is 5.10 Å². The summed E-state index contributed by atoms with van der Waals surface area (Å²) in [5, 5.41) is 13.7. The first-order valence-corrected chi connectivity index (χ1v) is 7.41. The number of aryl methyl sites for hydroxylation is 1. The van der Waals surface area contributed by atoms with Gasteiger partial charge >= 0.3 is 5.97 Å². The third-order valence-corrected chi connectivity index (χ3v) is 3.89. The van der Waals surface area contributed by atoms with E-state index in [-0.39, 0.29) is 5.91 Å². The molecule has 1 N–H and O–H groups in total. The van der Waals surface area contributed by atoms with Gasteiger partial charge in [0.2, 0.25) is 5.91 Å². The highest BCUT2D eigenvalue weighted by Gasteiger charge is 2.39. The molecule has 0 spiro atoms. The van der Waals surface area contributed by atoms with Crippen LogP contribution in [0.15, 0.2) is 12.4 Å². The topological polar surface area (TPSA) is 75.4 Å². The van der Waals surface area contributed by atoms with Crippen LogP contribution >= 0.6 is 0 Å². The highest BCUT2D eigenvalue weighted by atomic mass is 16.4. The smallest absolute Gasteiger partial charge is 0.308 e. The molecule has 1 saturated heterocycles. The molecule has 21 heavy (non-hydrogen) atoms. The lowest BCUT2D eigenvalue weighted by Crippen LogP contribution is -2.40. The van der Waals surface area contributed by atoms with Gasteiger partial charge in [-0.25, -0.2) is 0 Å². The summed E-state index contributed by atoms with van der Waals surface area (Å²) in [5.74, 6) is -1.08. The maximum atomic E-state index is 12.4. The molecule has 2 heterocycles. The molecule has 0 saturated carbocycles. The standard InChI is InChI=1S/C15H23N3O3/c1-10(2)8-18-13(19)6-4-5-12(15(20)21)14(18)11-7-16-17(3)9-11/h7,9-10,12,14H,4-6,8H2,1-3H3,(H,20,21). The monoisotopic (exact) mass is 293 g/mol. The van der Waals surface area contributed by atoms with Gasteiger partial charge in [0.1, 0.15) is 0 Å². The minimum atomic E-state index is -0.840. The van der Waals surface area contributed by atoms with Gasteiger partial charge in [-0.1, -0.05) is 13.8 Å². The number of carbonyl (C=O) groups excluding carboxylic acids is 1. The third-order valence-electron chi connectivity index (χ3n) is 3.89. The van der Waals surface area contributed by atoms with Crippen molar-refractivity contribution in [1.82, 2.24) is 14.7 Å². The van der Waals surface area contributed by atoms with E-state index in [9.17, 15) is 14.7 Å². The van der Waals surface area contributed by atoms with Crippen molar-refractivity contribution in [3.8, 4) is 0 Å². The lowest BCUT2D eigenvalue weighted by atomic mass is 9.90. The Morgan fingerprint density at radius 1 is 1.52 bits per heavy atom. The predicted molar refractivity (Wildman–Crippen MR) is 77.5 cm³/mol. The number of likely N-dealkylation sites (tertiary alicyclic amines) is 1. The molecule has 0 bridgehead atoms. The summed E-state index contributed by atoms with van der Waals surface area (Å²) >= 11 is 0. The fourth-order valence-electron chi connectivity index (χ4n) is 3.02. The fraction of sp³-hybridized carbons (Fsp3) is 0.667. The van der Waals surface area contributed by atoms with Crippen molar-refractivity contribution in [2.24, 2.45) is 18.9 Å². The second-order valence-electron chi connectivity index (χ2n) is 6.17. The molecule has 1 aromatic heterocycles. The molecular weight excluding hydrogens is 270 g/mol. The molecular formula is C15H23N3O3. The van der Waals surface area contributed by atoms with Crippen LogP contribution in [-0.4, -0.2) is 38.2 Å². The lowest BCUT2D eigenvalue weighted by molar-refractivity contribution is -0.146. The predicted octanol–water partition coefficient (Wildman–Crippen LogP) is 1.83. The molecule has 2 atom stereocenters. The van der Waals surface area contributed by atoms with Crippen LogP contribution in [0.25, 0.3) is 0 Å². The van der Waals surface area contributed by atoms with Gasteiger partial charge in [0.05, 0.1) is 18.2 Å². The number of aliphatic carboxylic acids is 1. The minimum absolute atomic E-state index is 0.0429. The summed E-state index contributed by atoms with van der Waals surface area (Å²) in [6.45, 7) is 4.64. The summed E-state index contributed by atoms with van der Waals surface area (Å²) in [6.07, 6.45) is 5.06. The van der Waals surface area contributed by atoms with Crippen LogP contribution in [0.4, 0.5) is 0 Å². The quantitative estimate of drug-likeness (QED) is 0.919. The normalized spacial score (nSPS) is 23.4. The number of carboxylic acids is 1. The molecule has 1 fully saturated rings. The highest BCUT2D eigenvalue weighted by Crippen LogP contribution is 2.36. The Morgan fingerprint density at radius 2 is 2.24 bits per heavy atom. The molecule has 6 heteroatoms. The second kappa shape index (κ2) is 6.28. The Balaban J connectivity index is 2.43. The van der Waals surface area contributed by atoms with Crippen molar-refractivity contribution in [2.75, 3.05) is 6.54 Å². The molecule has 1 aliphatic rings. The van der Waals surface area contributed by atoms with Crippen molar-refractivity contribution in [3.63, 3.8) is 0 Å². The summed E-state index contributed by atoms with van der Waals surface area (Å²) in [4.78, 5) is 25.8.